The average Bonchev–Trinajstić information content (AvgIpc) is 2.28. The van der Waals surface area contributed by atoms with E-state index in [4.69, 9.17) is 10.2 Å². The number of aromatic nitrogens is 1. The van der Waals surface area contributed by atoms with E-state index in [1.54, 1.807) is 32.2 Å². The van der Waals surface area contributed by atoms with Crippen LogP contribution >= 0.6 is 0 Å². The van der Waals surface area contributed by atoms with Gasteiger partial charge in [0.1, 0.15) is 0 Å². The number of carboxylic acid groups (broad SMARTS) is 2. The van der Waals surface area contributed by atoms with Gasteiger partial charge in [0.2, 0.25) is 0 Å². The van der Waals surface area contributed by atoms with Crippen molar-refractivity contribution in [1.82, 2.24) is 4.98 Å². The van der Waals surface area contributed by atoms with E-state index >= 15 is 0 Å². The molecule has 0 bridgehead atoms. The first-order chi connectivity index (χ1) is 8.43. The van der Waals surface area contributed by atoms with Crippen molar-refractivity contribution in [1.29, 1.82) is 0 Å². The van der Waals surface area contributed by atoms with Gasteiger partial charge in [0, 0.05) is 77.9 Å². The van der Waals surface area contributed by atoms with Gasteiger partial charge in [-0.15, -0.1) is 0 Å². The fraction of sp³-hybridized carbons (Fsp3) is 0.308. The molecule has 98 valence electrons. The van der Waals surface area contributed by atoms with E-state index in [1.807, 2.05) is 0 Å². The summed E-state index contributed by atoms with van der Waals surface area (Å²) in [6.45, 7) is 3.32. The van der Waals surface area contributed by atoms with Gasteiger partial charge in [-0.25, -0.2) is 9.59 Å². The molecule has 0 amide bonds. The maximum absolute atomic E-state index is 11.2. The molecule has 0 aliphatic carbocycles. The molecule has 1 aromatic rings. The monoisotopic (exact) mass is 295 g/mol. The zero-order chi connectivity index (χ0) is 13.7. The van der Waals surface area contributed by atoms with Crippen molar-refractivity contribution in [3.05, 3.63) is 41.2 Å². The van der Waals surface area contributed by atoms with E-state index in [0.717, 1.165) is 0 Å². The summed E-state index contributed by atoms with van der Waals surface area (Å²) in [7, 11) is 0. The van der Waals surface area contributed by atoms with E-state index in [9.17, 15) is 9.59 Å². The first-order valence-electron chi connectivity index (χ1n) is 5.52. The van der Waals surface area contributed by atoms with Crippen LogP contribution in [0.3, 0.4) is 0 Å². The van der Waals surface area contributed by atoms with Crippen LogP contribution < -0.4 is 0 Å². The zero-order valence-electron chi connectivity index (χ0n) is 12.3. The standard InChI is InChI=1S/C13H15NO4.2Na/c1-8(2)11(13(17)18)10(12(15)16)6-9-4-3-5-14-7-9;;/h3-5,7-8H,6H2,1-2H3,(H,15,16)(H,17,18);;/b11-10-;;. The molecular formula is C13H15NNa2O4. The van der Waals surface area contributed by atoms with Gasteiger partial charge in [0.25, 0.3) is 0 Å². The summed E-state index contributed by atoms with van der Waals surface area (Å²) in [4.78, 5) is 26.2. The minimum atomic E-state index is -1.20. The summed E-state index contributed by atoms with van der Waals surface area (Å²) in [5.41, 5.74) is 0.520. The fourth-order valence-electron chi connectivity index (χ4n) is 1.72. The number of rotatable bonds is 5. The van der Waals surface area contributed by atoms with E-state index in [1.165, 1.54) is 6.20 Å². The fourth-order valence-corrected chi connectivity index (χ4v) is 1.72. The molecule has 0 aromatic carbocycles. The molecule has 0 aliphatic rings. The molecule has 1 rings (SSSR count). The number of hydrogen-bond acceptors (Lipinski definition) is 3. The van der Waals surface area contributed by atoms with Crippen molar-refractivity contribution in [3.63, 3.8) is 0 Å². The minimum absolute atomic E-state index is 0. The second-order valence-electron chi connectivity index (χ2n) is 4.20. The molecule has 7 heteroatoms. The second-order valence-corrected chi connectivity index (χ2v) is 4.20. The summed E-state index contributed by atoms with van der Waals surface area (Å²) in [5, 5.41) is 18.3. The molecule has 2 radical (unpaired) electrons. The van der Waals surface area contributed by atoms with Crippen LogP contribution in [0, 0.1) is 5.92 Å². The molecule has 5 nitrogen and oxygen atoms in total. The predicted molar refractivity (Wildman–Crippen MR) is 76.6 cm³/mol. The molecule has 0 fully saturated rings. The zero-order valence-corrected chi connectivity index (χ0v) is 16.3. The van der Waals surface area contributed by atoms with Crippen molar-refractivity contribution in [2.45, 2.75) is 20.3 Å². The van der Waals surface area contributed by atoms with Gasteiger partial charge in [-0.2, -0.15) is 0 Å². The Morgan fingerprint density at radius 1 is 1.20 bits per heavy atom. The summed E-state index contributed by atoms with van der Waals surface area (Å²) in [6, 6.07) is 3.40. The molecule has 0 atom stereocenters. The van der Waals surface area contributed by atoms with Crippen molar-refractivity contribution in [2.24, 2.45) is 5.92 Å². The van der Waals surface area contributed by atoms with Crippen LogP contribution in [0.2, 0.25) is 0 Å². The number of hydrogen-bond donors (Lipinski definition) is 2. The molecular weight excluding hydrogens is 280 g/mol. The Morgan fingerprint density at radius 3 is 2.15 bits per heavy atom. The number of pyridine rings is 1. The van der Waals surface area contributed by atoms with E-state index in [-0.39, 0.29) is 82.6 Å². The minimum Gasteiger partial charge on any atom is -0.478 e. The quantitative estimate of drug-likeness (QED) is 0.624. The Morgan fingerprint density at radius 2 is 1.80 bits per heavy atom. The molecule has 0 spiro atoms. The van der Waals surface area contributed by atoms with Crippen LogP contribution in [-0.2, 0) is 16.0 Å². The van der Waals surface area contributed by atoms with E-state index in [2.05, 4.69) is 4.98 Å². The summed E-state index contributed by atoms with van der Waals surface area (Å²) in [5.74, 6) is -2.75. The maximum Gasteiger partial charge on any atom is 0.332 e. The summed E-state index contributed by atoms with van der Waals surface area (Å²) in [6.07, 6.45) is 3.17. The third-order valence-corrected chi connectivity index (χ3v) is 2.49. The molecule has 2 N–H and O–H groups in total. The molecule has 20 heavy (non-hydrogen) atoms. The van der Waals surface area contributed by atoms with E-state index < -0.39 is 11.9 Å². The number of nitrogens with zero attached hydrogens (tertiary/aromatic N) is 1. The maximum atomic E-state index is 11.2. The van der Waals surface area contributed by atoms with Crippen LogP contribution in [0.4, 0.5) is 0 Å². The number of carboxylic acids is 2. The number of aliphatic carboxylic acids is 2. The van der Waals surface area contributed by atoms with Gasteiger partial charge in [-0.3, -0.25) is 4.98 Å². The van der Waals surface area contributed by atoms with Gasteiger partial charge >= 0.3 is 11.9 Å². The SMILES string of the molecule is CC(C)/C(C(=O)O)=C(\Cc1cccnc1)C(=O)O.[Na].[Na]. The van der Waals surface area contributed by atoms with Gasteiger partial charge in [0.15, 0.2) is 0 Å². The molecule has 1 aromatic heterocycles. The smallest absolute Gasteiger partial charge is 0.332 e. The summed E-state index contributed by atoms with van der Waals surface area (Å²) >= 11 is 0. The number of carbonyl (C=O) groups is 2. The van der Waals surface area contributed by atoms with Crippen molar-refractivity contribution >= 4 is 71.1 Å². The Labute approximate surface area is 162 Å². The van der Waals surface area contributed by atoms with Crippen LogP contribution in [0.5, 0.6) is 0 Å². The van der Waals surface area contributed by atoms with Crippen LogP contribution in [0.25, 0.3) is 0 Å². The normalized spacial score (nSPS) is 10.9. The van der Waals surface area contributed by atoms with E-state index in [0.29, 0.717) is 5.56 Å². The van der Waals surface area contributed by atoms with Gasteiger partial charge in [0.05, 0.1) is 11.1 Å². The first-order valence-corrected chi connectivity index (χ1v) is 5.52. The van der Waals surface area contributed by atoms with Crippen LogP contribution in [0.1, 0.15) is 19.4 Å². The van der Waals surface area contributed by atoms with Crippen molar-refractivity contribution in [2.75, 3.05) is 0 Å². The molecule has 0 saturated carbocycles. The predicted octanol–water partition coefficient (Wildman–Crippen LogP) is 0.984. The Kier molecular flexibility index (Phi) is 11.7. The third kappa shape index (κ3) is 6.52. The Bertz CT molecular complexity index is 486. The van der Waals surface area contributed by atoms with Crippen molar-refractivity contribution in [3.8, 4) is 0 Å². The molecule has 0 unspecified atom stereocenters. The van der Waals surface area contributed by atoms with Crippen molar-refractivity contribution < 1.29 is 19.8 Å². The molecule has 0 saturated heterocycles. The Balaban J connectivity index is 0. The topological polar surface area (TPSA) is 87.5 Å². The third-order valence-electron chi connectivity index (χ3n) is 2.49. The van der Waals surface area contributed by atoms with Gasteiger partial charge < -0.3 is 10.2 Å². The molecule has 0 aliphatic heterocycles. The molecule has 1 heterocycles. The Hall–Kier alpha value is -0.170. The van der Waals surface area contributed by atoms with Gasteiger partial charge in [-0.1, -0.05) is 19.9 Å². The van der Waals surface area contributed by atoms with Crippen LogP contribution in [-0.4, -0.2) is 86.3 Å². The largest absolute Gasteiger partial charge is 0.478 e. The van der Waals surface area contributed by atoms with Crippen LogP contribution in [0.15, 0.2) is 35.7 Å². The summed E-state index contributed by atoms with van der Waals surface area (Å²) < 4.78 is 0. The second kappa shape index (κ2) is 10.5. The van der Waals surface area contributed by atoms with Gasteiger partial charge in [-0.05, 0) is 17.5 Å². The average molecular weight is 295 g/mol. The first kappa shape index (κ1) is 22.1.